The van der Waals surface area contributed by atoms with E-state index >= 15 is 0 Å². The van der Waals surface area contributed by atoms with Gasteiger partial charge in [0.05, 0.1) is 18.1 Å². The van der Waals surface area contributed by atoms with E-state index in [0.29, 0.717) is 12.4 Å². The topological polar surface area (TPSA) is 93.0 Å². The summed E-state index contributed by atoms with van der Waals surface area (Å²) in [5, 5.41) is 3.29. The van der Waals surface area contributed by atoms with Gasteiger partial charge in [-0.2, -0.15) is 4.31 Å². The lowest BCUT2D eigenvalue weighted by atomic mass is 10.1. The van der Waals surface area contributed by atoms with Crippen LogP contribution in [0.2, 0.25) is 0 Å². The minimum Gasteiger partial charge on any atom is -0.339 e. The van der Waals surface area contributed by atoms with Crippen LogP contribution in [0.1, 0.15) is 30.1 Å². The Hall–Kier alpha value is -2.78. The normalized spacial score (nSPS) is 17.7. The zero-order valence-corrected chi connectivity index (χ0v) is 16.6. The molecule has 146 valence electrons. The average molecular weight is 398 g/mol. The van der Waals surface area contributed by atoms with Gasteiger partial charge in [-0.1, -0.05) is 12.1 Å². The molecule has 1 fully saturated rings. The van der Waals surface area contributed by atoms with Crippen LogP contribution in [0, 0.1) is 6.92 Å². The standard InChI is InChI=1S/C19H22N6O2S/c1-14-6-4-10-20-19(14)23-17-9-3-7-15(22-17)16-8-5-11-25(16)28(26,27)18-12-24(2)13-21-18/h3-4,6-7,9-10,12-13,16H,5,8,11H2,1-2H3,(H,20,22,23)/t16-/m0/s1. The van der Waals surface area contributed by atoms with Crippen LogP contribution in [0.15, 0.2) is 54.1 Å². The Balaban J connectivity index is 1.62. The Morgan fingerprint density at radius 1 is 1.18 bits per heavy atom. The number of sulfonamides is 1. The molecule has 1 N–H and O–H groups in total. The third kappa shape index (κ3) is 3.50. The summed E-state index contributed by atoms with van der Waals surface area (Å²) in [5.41, 5.74) is 1.73. The van der Waals surface area contributed by atoms with E-state index < -0.39 is 10.0 Å². The molecule has 9 heteroatoms. The van der Waals surface area contributed by atoms with E-state index in [4.69, 9.17) is 0 Å². The van der Waals surface area contributed by atoms with Gasteiger partial charge in [0, 0.05) is 26.0 Å². The largest absolute Gasteiger partial charge is 0.339 e. The maximum absolute atomic E-state index is 13.0. The SMILES string of the molecule is Cc1cccnc1Nc1cccc([C@@H]2CCCN2S(=O)(=O)c2cn(C)cn2)n1. The first-order valence-electron chi connectivity index (χ1n) is 9.10. The van der Waals surface area contributed by atoms with Gasteiger partial charge >= 0.3 is 0 Å². The van der Waals surface area contributed by atoms with E-state index in [-0.39, 0.29) is 11.1 Å². The molecule has 0 aromatic carbocycles. The molecule has 0 unspecified atom stereocenters. The van der Waals surface area contributed by atoms with Crippen molar-refractivity contribution in [3.8, 4) is 0 Å². The second kappa shape index (κ2) is 7.33. The number of nitrogens with one attached hydrogen (secondary N) is 1. The van der Waals surface area contributed by atoms with Gasteiger partial charge in [-0.05, 0) is 43.5 Å². The van der Waals surface area contributed by atoms with Gasteiger partial charge in [-0.15, -0.1) is 0 Å². The summed E-state index contributed by atoms with van der Waals surface area (Å²) in [7, 11) is -1.91. The highest BCUT2D eigenvalue weighted by Gasteiger charge is 2.38. The highest BCUT2D eigenvalue weighted by Crippen LogP contribution is 2.35. The van der Waals surface area contributed by atoms with Gasteiger partial charge in [-0.3, -0.25) is 0 Å². The Kier molecular flexibility index (Phi) is 4.86. The van der Waals surface area contributed by atoms with Gasteiger partial charge in [0.15, 0.2) is 5.03 Å². The number of hydrogen-bond donors (Lipinski definition) is 1. The highest BCUT2D eigenvalue weighted by molar-refractivity contribution is 7.89. The first-order chi connectivity index (χ1) is 13.4. The van der Waals surface area contributed by atoms with Crippen molar-refractivity contribution in [2.45, 2.75) is 30.8 Å². The molecule has 4 rings (SSSR count). The summed E-state index contributed by atoms with van der Waals surface area (Å²) >= 11 is 0. The van der Waals surface area contributed by atoms with Crippen molar-refractivity contribution in [2.24, 2.45) is 7.05 Å². The molecule has 0 bridgehead atoms. The predicted molar refractivity (Wildman–Crippen MR) is 106 cm³/mol. The number of nitrogens with zero attached hydrogens (tertiary/aromatic N) is 5. The van der Waals surface area contributed by atoms with Gasteiger partial charge in [0.25, 0.3) is 10.0 Å². The molecule has 1 aliphatic rings. The molecule has 28 heavy (non-hydrogen) atoms. The summed E-state index contributed by atoms with van der Waals surface area (Å²) in [6.45, 7) is 2.43. The van der Waals surface area contributed by atoms with Gasteiger partial charge in [-0.25, -0.2) is 23.4 Å². The smallest absolute Gasteiger partial charge is 0.262 e. The molecule has 4 heterocycles. The third-order valence-corrected chi connectivity index (χ3v) is 6.62. The molecule has 1 saturated heterocycles. The number of pyridine rings is 2. The van der Waals surface area contributed by atoms with Crippen molar-refractivity contribution in [3.05, 3.63) is 60.3 Å². The summed E-state index contributed by atoms with van der Waals surface area (Å²) in [6, 6.07) is 9.14. The molecule has 3 aromatic rings. The number of anilines is 2. The molecule has 0 amide bonds. The number of imidazole rings is 1. The molecule has 3 aromatic heterocycles. The van der Waals surface area contributed by atoms with Crippen molar-refractivity contribution in [3.63, 3.8) is 0 Å². The maximum Gasteiger partial charge on any atom is 0.262 e. The molecule has 0 saturated carbocycles. The highest BCUT2D eigenvalue weighted by atomic mass is 32.2. The van der Waals surface area contributed by atoms with Crippen molar-refractivity contribution < 1.29 is 8.42 Å². The van der Waals surface area contributed by atoms with E-state index in [1.165, 1.54) is 16.8 Å². The lowest BCUT2D eigenvalue weighted by Crippen LogP contribution is -2.31. The van der Waals surface area contributed by atoms with Crippen molar-refractivity contribution in [2.75, 3.05) is 11.9 Å². The second-order valence-electron chi connectivity index (χ2n) is 6.89. The van der Waals surface area contributed by atoms with Crippen LogP contribution >= 0.6 is 0 Å². The molecular formula is C19H22N6O2S. The van der Waals surface area contributed by atoms with Crippen LogP contribution < -0.4 is 5.32 Å². The summed E-state index contributed by atoms with van der Waals surface area (Å²) in [5.74, 6) is 1.37. The summed E-state index contributed by atoms with van der Waals surface area (Å²) in [4.78, 5) is 13.0. The first-order valence-corrected chi connectivity index (χ1v) is 10.5. The molecule has 0 aliphatic carbocycles. The van der Waals surface area contributed by atoms with Crippen LogP contribution in [0.4, 0.5) is 11.6 Å². The number of hydrogen-bond acceptors (Lipinski definition) is 6. The fraction of sp³-hybridized carbons (Fsp3) is 0.316. The molecule has 0 spiro atoms. The predicted octanol–water partition coefficient (Wildman–Crippen LogP) is 2.79. The molecule has 8 nitrogen and oxygen atoms in total. The molecule has 0 radical (unpaired) electrons. The molecule has 1 atom stereocenters. The van der Waals surface area contributed by atoms with Crippen molar-refractivity contribution >= 4 is 21.7 Å². The van der Waals surface area contributed by atoms with Gasteiger partial charge in [0.2, 0.25) is 0 Å². The Bertz CT molecular complexity index is 1100. The molecular weight excluding hydrogens is 376 g/mol. The average Bonchev–Trinajstić information content (AvgIpc) is 3.34. The fourth-order valence-corrected chi connectivity index (χ4v) is 5.05. The van der Waals surface area contributed by atoms with Crippen LogP contribution in [-0.2, 0) is 17.1 Å². The lowest BCUT2D eigenvalue weighted by molar-refractivity contribution is 0.389. The number of aromatic nitrogens is 4. The van der Waals surface area contributed by atoms with Crippen LogP contribution in [0.25, 0.3) is 0 Å². The fourth-order valence-electron chi connectivity index (χ4n) is 3.41. The number of rotatable bonds is 5. The quantitative estimate of drug-likeness (QED) is 0.710. The van der Waals surface area contributed by atoms with E-state index in [0.717, 1.165) is 29.9 Å². The maximum atomic E-state index is 13.0. The minimum absolute atomic E-state index is 0.0697. The van der Waals surface area contributed by atoms with E-state index in [1.54, 1.807) is 17.8 Å². The second-order valence-corrected chi connectivity index (χ2v) is 8.73. The Morgan fingerprint density at radius 3 is 2.79 bits per heavy atom. The Labute approximate surface area is 164 Å². The van der Waals surface area contributed by atoms with Crippen LogP contribution in [-0.4, -0.2) is 38.8 Å². The van der Waals surface area contributed by atoms with E-state index in [2.05, 4.69) is 20.3 Å². The first kappa shape index (κ1) is 18.6. The number of aryl methyl sites for hydroxylation is 2. The van der Waals surface area contributed by atoms with Crippen LogP contribution in [0.5, 0.6) is 0 Å². The van der Waals surface area contributed by atoms with Crippen LogP contribution in [0.3, 0.4) is 0 Å². The minimum atomic E-state index is -3.67. The summed E-state index contributed by atoms with van der Waals surface area (Å²) < 4.78 is 29.2. The van der Waals surface area contributed by atoms with Gasteiger partial charge < -0.3 is 9.88 Å². The Morgan fingerprint density at radius 2 is 2.04 bits per heavy atom. The van der Waals surface area contributed by atoms with Crippen molar-refractivity contribution in [1.29, 1.82) is 0 Å². The van der Waals surface area contributed by atoms with E-state index in [9.17, 15) is 8.42 Å². The third-order valence-electron chi connectivity index (χ3n) is 4.83. The summed E-state index contributed by atoms with van der Waals surface area (Å²) in [6.07, 6.45) is 6.26. The molecule has 1 aliphatic heterocycles. The van der Waals surface area contributed by atoms with E-state index in [1.807, 2.05) is 37.3 Å². The lowest BCUT2D eigenvalue weighted by Gasteiger charge is -2.23. The van der Waals surface area contributed by atoms with Gasteiger partial charge in [0.1, 0.15) is 11.6 Å². The zero-order chi connectivity index (χ0) is 19.7. The zero-order valence-electron chi connectivity index (χ0n) is 15.8. The van der Waals surface area contributed by atoms with Crippen molar-refractivity contribution in [1.82, 2.24) is 23.8 Å². The monoisotopic (exact) mass is 398 g/mol.